The molecule has 8 heteroatoms. The highest BCUT2D eigenvalue weighted by molar-refractivity contribution is 9.10. The molecule has 0 saturated heterocycles. The van der Waals surface area contributed by atoms with Gasteiger partial charge in [-0.05, 0) is 24.3 Å². The maximum atomic E-state index is 12.4. The third kappa shape index (κ3) is 2.11. The quantitative estimate of drug-likeness (QED) is 0.816. The van der Waals surface area contributed by atoms with Crippen LogP contribution in [0.25, 0.3) is 0 Å². The van der Waals surface area contributed by atoms with Crippen LogP contribution in [0.5, 0.6) is 0 Å². The predicted octanol–water partition coefficient (Wildman–Crippen LogP) is 1.77. The lowest BCUT2D eigenvalue weighted by atomic mass is 10.2. The molecule has 1 aliphatic rings. The third-order valence-corrected chi connectivity index (χ3v) is 5.65. The Labute approximate surface area is 129 Å². The van der Waals surface area contributed by atoms with Crippen molar-refractivity contribution in [2.24, 2.45) is 0 Å². The smallest absolute Gasteiger partial charge is 0.285 e. The van der Waals surface area contributed by atoms with Gasteiger partial charge in [-0.15, -0.1) is 0 Å². The molecule has 2 aromatic rings. The number of nitrogens with two attached hydrogens (primary N) is 1. The van der Waals surface area contributed by atoms with E-state index in [0.29, 0.717) is 15.7 Å². The molecule has 0 spiro atoms. The summed E-state index contributed by atoms with van der Waals surface area (Å²) in [6.07, 6.45) is 1.35. The Hall–Kier alpha value is -1.93. The number of carbonyl (C=O) groups is 1. The van der Waals surface area contributed by atoms with E-state index < -0.39 is 15.9 Å². The summed E-state index contributed by atoms with van der Waals surface area (Å²) in [5, 5.41) is -0.208. The number of pyridine rings is 1. The molecular formula is C13H10BrN3O3S. The van der Waals surface area contributed by atoms with Crippen molar-refractivity contribution < 1.29 is 13.2 Å². The van der Waals surface area contributed by atoms with Crippen molar-refractivity contribution in [2.75, 3.05) is 5.73 Å². The number of carbonyl (C=O) groups excluding carboxylic acids is 1. The first-order valence-corrected chi connectivity index (χ1v) is 8.21. The number of sulfonamides is 1. The highest BCUT2D eigenvalue weighted by Crippen LogP contribution is 2.32. The molecule has 0 fully saturated rings. The van der Waals surface area contributed by atoms with E-state index in [2.05, 4.69) is 20.9 Å². The van der Waals surface area contributed by atoms with E-state index in [1.807, 2.05) is 0 Å². The number of fused-ring (bicyclic) bond motifs is 1. The van der Waals surface area contributed by atoms with E-state index in [1.165, 1.54) is 18.3 Å². The lowest BCUT2D eigenvalue weighted by Gasteiger charge is -2.17. The van der Waals surface area contributed by atoms with E-state index in [9.17, 15) is 13.2 Å². The molecular weight excluding hydrogens is 358 g/mol. The van der Waals surface area contributed by atoms with Crippen LogP contribution in [-0.2, 0) is 16.6 Å². The molecule has 0 radical (unpaired) electrons. The molecule has 0 saturated carbocycles. The van der Waals surface area contributed by atoms with Crippen LogP contribution in [-0.4, -0.2) is 23.6 Å². The highest BCUT2D eigenvalue weighted by Gasteiger charge is 2.42. The van der Waals surface area contributed by atoms with Gasteiger partial charge < -0.3 is 5.73 Å². The summed E-state index contributed by atoms with van der Waals surface area (Å²) in [5.74, 6) is -0.590. The van der Waals surface area contributed by atoms with Gasteiger partial charge in [-0.3, -0.25) is 4.79 Å². The van der Waals surface area contributed by atoms with Gasteiger partial charge in [0.2, 0.25) is 0 Å². The predicted molar refractivity (Wildman–Crippen MR) is 79.9 cm³/mol. The summed E-state index contributed by atoms with van der Waals surface area (Å²) < 4.78 is 26.3. The number of rotatable bonds is 2. The Bertz CT molecular complexity index is 831. The lowest BCUT2D eigenvalue weighted by Crippen LogP contribution is -2.30. The number of benzene rings is 1. The fraction of sp³-hybridized carbons (Fsp3) is 0.0769. The molecule has 2 N–H and O–H groups in total. The average Bonchev–Trinajstić information content (AvgIpc) is 2.64. The van der Waals surface area contributed by atoms with Crippen LogP contribution < -0.4 is 5.73 Å². The first-order valence-electron chi connectivity index (χ1n) is 5.98. The molecule has 3 rings (SSSR count). The molecule has 0 unspecified atom stereocenters. The normalized spacial score (nSPS) is 16.0. The third-order valence-electron chi connectivity index (χ3n) is 3.22. The highest BCUT2D eigenvalue weighted by atomic mass is 79.9. The Morgan fingerprint density at radius 3 is 2.67 bits per heavy atom. The fourth-order valence-electron chi connectivity index (χ4n) is 2.15. The number of nitrogens with zero attached hydrogens (tertiary/aromatic N) is 2. The minimum atomic E-state index is -3.93. The Morgan fingerprint density at radius 2 is 2.00 bits per heavy atom. The van der Waals surface area contributed by atoms with Gasteiger partial charge in [-0.2, -0.15) is 8.42 Å². The number of amides is 1. The van der Waals surface area contributed by atoms with E-state index in [1.54, 1.807) is 18.2 Å². The minimum Gasteiger partial charge on any atom is -0.398 e. The second-order valence-electron chi connectivity index (χ2n) is 4.48. The van der Waals surface area contributed by atoms with Crippen molar-refractivity contribution in [3.8, 4) is 0 Å². The Balaban J connectivity index is 2.08. The molecule has 6 nitrogen and oxygen atoms in total. The Morgan fingerprint density at radius 1 is 1.24 bits per heavy atom. The zero-order valence-corrected chi connectivity index (χ0v) is 13.1. The van der Waals surface area contributed by atoms with Gasteiger partial charge in [0.25, 0.3) is 15.9 Å². The second-order valence-corrected chi connectivity index (χ2v) is 7.11. The number of hydrogen-bond acceptors (Lipinski definition) is 5. The van der Waals surface area contributed by atoms with Crippen LogP contribution in [0.4, 0.5) is 5.69 Å². The SMILES string of the molecule is Nc1cccc(Br)c1CN1C(=O)c2cccnc2S1(=O)=O. The molecule has 21 heavy (non-hydrogen) atoms. The van der Waals surface area contributed by atoms with Crippen LogP contribution in [0.15, 0.2) is 46.0 Å². The van der Waals surface area contributed by atoms with Crippen LogP contribution in [0.1, 0.15) is 15.9 Å². The number of hydrogen-bond donors (Lipinski definition) is 1. The van der Waals surface area contributed by atoms with Crippen LogP contribution >= 0.6 is 15.9 Å². The van der Waals surface area contributed by atoms with Crippen molar-refractivity contribution in [1.82, 2.24) is 9.29 Å². The first-order chi connectivity index (χ1) is 9.93. The molecule has 108 valence electrons. The summed E-state index contributed by atoms with van der Waals surface area (Å²) >= 11 is 3.32. The molecule has 0 atom stereocenters. The summed E-state index contributed by atoms with van der Waals surface area (Å²) in [6, 6.07) is 8.11. The first kappa shape index (κ1) is 14.0. The summed E-state index contributed by atoms with van der Waals surface area (Å²) in [6.45, 7) is -0.134. The average molecular weight is 368 g/mol. The Kier molecular flexibility index (Phi) is 3.22. The zero-order chi connectivity index (χ0) is 15.2. The zero-order valence-electron chi connectivity index (χ0n) is 10.7. The van der Waals surface area contributed by atoms with E-state index in [4.69, 9.17) is 5.73 Å². The van der Waals surface area contributed by atoms with Crippen molar-refractivity contribution in [3.05, 3.63) is 52.1 Å². The van der Waals surface area contributed by atoms with Crippen molar-refractivity contribution in [3.63, 3.8) is 0 Å². The minimum absolute atomic E-state index is 0.0862. The summed E-state index contributed by atoms with van der Waals surface area (Å²) in [5.41, 5.74) is 6.90. The standard InChI is InChI=1S/C13H10BrN3O3S/c14-10-4-1-5-11(15)9(10)7-17-13(18)8-3-2-6-16-12(8)21(17,19)20/h1-6H,7,15H2. The number of aromatic nitrogens is 1. The molecule has 1 amide bonds. The topological polar surface area (TPSA) is 93.4 Å². The molecule has 1 aliphatic heterocycles. The molecule has 0 aliphatic carbocycles. The van der Waals surface area contributed by atoms with Crippen molar-refractivity contribution >= 4 is 37.5 Å². The van der Waals surface area contributed by atoms with Crippen molar-refractivity contribution in [1.29, 1.82) is 0 Å². The molecule has 2 heterocycles. The van der Waals surface area contributed by atoms with Crippen molar-refractivity contribution in [2.45, 2.75) is 11.6 Å². The summed E-state index contributed by atoms with van der Waals surface area (Å²) in [4.78, 5) is 16.1. The van der Waals surface area contributed by atoms with Gasteiger partial charge >= 0.3 is 0 Å². The van der Waals surface area contributed by atoms with E-state index in [-0.39, 0.29) is 17.1 Å². The van der Waals surface area contributed by atoms with Gasteiger partial charge in [0.15, 0.2) is 5.03 Å². The van der Waals surface area contributed by atoms with E-state index in [0.717, 1.165) is 4.31 Å². The van der Waals surface area contributed by atoms with Gasteiger partial charge in [-0.1, -0.05) is 22.0 Å². The maximum absolute atomic E-state index is 12.4. The largest absolute Gasteiger partial charge is 0.398 e. The number of anilines is 1. The second kappa shape index (κ2) is 4.81. The van der Waals surface area contributed by atoms with Gasteiger partial charge in [0, 0.05) is 21.9 Å². The number of nitrogen functional groups attached to an aromatic ring is 1. The molecule has 1 aromatic heterocycles. The molecule has 1 aromatic carbocycles. The van der Waals surface area contributed by atoms with Crippen LogP contribution in [0.3, 0.4) is 0 Å². The van der Waals surface area contributed by atoms with Gasteiger partial charge in [0.05, 0.1) is 12.1 Å². The number of halogens is 1. The summed E-state index contributed by atoms with van der Waals surface area (Å²) in [7, 11) is -3.93. The molecule has 0 bridgehead atoms. The maximum Gasteiger partial charge on any atom is 0.285 e. The van der Waals surface area contributed by atoms with Gasteiger partial charge in [-0.25, -0.2) is 9.29 Å². The van der Waals surface area contributed by atoms with E-state index >= 15 is 0 Å². The lowest BCUT2D eigenvalue weighted by molar-refractivity contribution is 0.0865. The monoisotopic (exact) mass is 367 g/mol. The van der Waals surface area contributed by atoms with Crippen LogP contribution in [0, 0.1) is 0 Å². The van der Waals surface area contributed by atoms with Crippen LogP contribution in [0.2, 0.25) is 0 Å². The van der Waals surface area contributed by atoms with Gasteiger partial charge in [0.1, 0.15) is 0 Å². The fourth-order valence-corrected chi connectivity index (χ4v) is 4.11.